The van der Waals surface area contributed by atoms with Crippen molar-refractivity contribution >= 4 is 34.7 Å². The number of amides is 1. The van der Waals surface area contributed by atoms with Crippen molar-refractivity contribution < 1.29 is 4.79 Å². The van der Waals surface area contributed by atoms with E-state index in [9.17, 15) is 4.79 Å². The van der Waals surface area contributed by atoms with E-state index in [1.807, 2.05) is 19.1 Å². The van der Waals surface area contributed by atoms with Gasteiger partial charge in [0.2, 0.25) is 5.91 Å². The topological polar surface area (TPSA) is 59.0 Å². The molecule has 1 fully saturated rings. The highest BCUT2D eigenvalue weighted by molar-refractivity contribution is 7.16. The van der Waals surface area contributed by atoms with Crippen LogP contribution in [-0.2, 0) is 11.3 Å². The minimum atomic E-state index is -0.197. The minimum Gasteiger partial charge on any atom is -0.310 e. The summed E-state index contributed by atoms with van der Waals surface area (Å²) in [5, 5.41) is 10.5. The van der Waals surface area contributed by atoms with E-state index in [-0.39, 0.29) is 11.9 Å². The van der Waals surface area contributed by atoms with Gasteiger partial charge in [-0.2, -0.15) is 5.10 Å². The van der Waals surface area contributed by atoms with Crippen molar-refractivity contribution in [2.75, 3.05) is 5.32 Å². The molecule has 2 N–H and O–H groups in total. The van der Waals surface area contributed by atoms with Crippen molar-refractivity contribution in [3.8, 4) is 0 Å². The van der Waals surface area contributed by atoms with Gasteiger partial charge in [-0.15, -0.1) is 11.3 Å². The fourth-order valence-corrected chi connectivity index (χ4v) is 3.13. The van der Waals surface area contributed by atoms with Gasteiger partial charge in [-0.25, -0.2) is 4.68 Å². The molecule has 2 aromatic rings. The maximum absolute atomic E-state index is 12.1. The number of hydrogen-bond donors (Lipinski definition) is 2. The molecule has 1 saturated carbocycles. The van der Waals surface area contributed by atoms with E-state index in [0.717, 1.165) is 22.1 Å². The number of nitrogens with one attached hydrogen (secondary N) is 2. The third-order valence-corrected chi connectivity index (χ3v) is 4.57. The van der Waals surface area contributed by atoms with Gasteiger partial charge in [-0.3, -0.25) is 4.79 Å². The summed E-state index contributed by atoms with van der Waals surface area (Å²) in [6.45, 7) is 2.48. The molecule has 1 amide bonds. The molecule has 3 rings (SSSR count). The molecule has 0 aromatic carbocycles. The Kier molecular flexibility index (Phi) is 4.28. The molecule has 7 heteroatoms. The van der Waals surface area contributed by atoms with Gasteiger partial charge in [0.25, 0.3) is 0 Å². The van der Waals surface area contributed by atoms with Crippen molar-refractivity contribution in [3.05, 3.63) is 33.6 Å². The molecule has 112 valence electrons. The summed E-state index contributed by atoms with van der Waals surface area (Å²) >= 11 is 7.45. The molecule has 0 spiro atoms. The Morgan fingerprint density at radius 3 is 3.00 bits per heavy atom. The number of halogens is 1. The van der Waals surface area contributed by atoms with E-state index in [1.165, 1.54) is 11.3 Å². The van der Waals surface area contributed by atoms with Crippen LogP contribution < -0.4 is 10.6 Å². The van der Waals surface area contributed by atoms with Crippen LogP contribution in [0.15, 0.2) is 24.4 Å². The van der Waals surface area contributed by atoms with Gasteiger partial charge in [-0.05, 0) is 31.9 Å². The Morgan fingerprint density at radius 1 is 1.52 bits per heavy atom. The number of carbonyl (C=O) groups excluding carboxylic acids is 1. The number of anilines is 1. The summed E-state index contributed by atoms with van der Waals surface area (Å²) < 4.78 is 2.52. The van der Waals surface area contributed by atoms with Crippen LogP contribution in [0.5, 0.6) is 0 Å². The summed E-state index contributed by atoms with van der Waals surface area (Å²) in [6.07, 6.45) is 4.01. The zero-order chi connectivity index (χ0) is 14.8. The van der Waals surface area contributed by atoms with E-state index < -0.39 is 0 Å². The van der Waals surface area contributed by atoms with Crippen molar-refractivity contribution in [2.45, 2.75) is 38.4 Å². The first kappa shape index (κ1) is 14.6. The molecule has 1 aliphatic rings. The van der Waals surface area contributed by atoms with Crippen molar-refractivity contribution in [1.29, 1.82) is 0 Å². The lowest BCUT2D eigenvalue weighted by atomic mass is 10.3. The number of nitrogens with zero attached hydrogens (tertiary/aromatic N) is 2. The van der Waals surface area contributed by atoms with E-state index in [2.05, 4.69) is 15.7 Å². The first-order valence-corrected chi connectivity index (χ1v) is 8.14. The molecule has 5 nitrogen and oxygen atoms in total. The fraction of sp³-hybridized carbons (Fsp3) is 0.429. The smallest absolute Gasteiger partial charge is 0.242 e. The second-order valence-electron chi connectivity index (χ2n) is 5.23. The van der Waals surface area contributed by atoms with Gasteiger partial charge in [0, 0.05) is 17.0 Å². The zero-order valence-electron chi connectivity index (χ0n) is 11.7. The zero-order valence-corrected chi connectivity index (χ0v) is 13.2. The largest absolute Gasteiger partial charge is 0.310 e. The first-order chi connectivity index (χ1) is 10.1. The molecule has 1 aliphatic carbocycles. The predicted molar refractivity (Wildman–Crippen MR) is 84.9 cm³/mol. The summed E-state index contributed by atoms with van der Waals surface area (Å²) in [5.74, 6) is 0.668. The second kappa shape index (κ2) is 6.17. The van der Waals surface area contributed by atoms with Crippen molar-refractivity contribution in [2.24, 2.45) is 0 Å². The number of hydrogen-bond acceptors (Lipinski definition) is 4. The van der Waals surface area contributed by atoms with Gasteiger partial charge in [0.15, 0.2) is 0 Å². The first-order valence-electron chi connectivity index (χ1n) is 6.95. The average Bonchev–Trinajstić information content (AvgIpc) is 3.01. The normalized spacial score (nSPS) is 15.9. The van der Waals surface area contributed by atoms with E-state index in [0.29, 0.717) is 18.4 Å². The Balaban J connectivity index is 1.62. The molecule has 0 aliphatic heterocycles. The van der Waals surface area contributed by atoms with Crippen molar-refractivity contribution in [1.82, 2.24) is 15.1 Å². The molecule has 0 saturated heterocycles. The predicted octanol–water partition coefficient (Wildman–Crippen LogP) is 2.73. The molecular weight excluding hydrogens is 308 g/mol. The average molecular weight is 325 g/mol. The summed E-state index contributed by atoms with van der Waals surface area (Å²) in [4.78, 5) is 13.2. The highest BCUT2D eigenvalue weighted by atomic mass is 35.5. The van der Waals surface area contributed by atoms with E-state index in [4.69, 9.17) is 11.6 Å². The van der Waals surface area contributed by atoms with Crippen LogP contribution in [0.25, 0.3) is 0 Å². The lowest BCUT2D eigenvalue weighted by Crippen LogP contribution is -2.39. The van der Waals surface area contributed by atoms with Crippen LogP contribution in [0.1, 0.15) is 24.6 Å². The van der Waals surface area contributed by atoms with Crippen LogP contribution in [0.3, 0.4) is 0 Å². The van der Waals surface area contributed by atoms with Crippen LogP contribution in [0.2, 0.25) is 4.34 Å². The highest BCUT2D eigenvalue weighted by Gasteiger charge is 2.26. The molecule has 1 unspecified atom stereocenters. The third-order valence-electron chi connectivity index (χ3n) is 3.36. The number of aromatic nitrogens is 2. The second-order valence-corrected chi connectivity index (χ2v) is 7.03. The standard InChI is InChI=1S/C14H17ClN4OS/c1-9(17-10-2-3-10)14(20)18-13-6-7-16-19(13)8-11-4-5-12(15)21-11/h4-7,9-10,17H,2-3,8H2,1H3,(H,18,20). The number of rotatable bonds is 6. The minimum absolute atomic E-state index is 0.0344. The molecule has 2 heterocycles. The van der Waals surface area contributed by atoms with Gasteiger partial charge in [-0.1, -0.05) is 11.6 Å². The molecule has 0 bridgehead atoms. The van der Waals surface area contributed by atoms with Gasteiger partial charge in [0.1, 0.15) is 5.82 Å². The van der Waals surface area contributed by atoms with Crippen molar-refractivity contribution in [3.63, 3.8) is 0 Å². The lowest BCUT2D eigenvalue weighted by molar-refractivity contribution is -0.117. The van der Waals surface area contributed by atoms with E-state index >= 15 is 0 Å². The Bertz CT molecular complexity index is 634. The van der Waals surface area contributed by atoms with Gasteiger partial charge >= 0.3 is 0 Å². The molecule has 0 radical (unpaired) electrons. The highest BCUT2D eigenvalue weighted by Crippen LogP contribution is 2.23. The monoisotopic (exact) mass is 324 g/mol. The van der Waals surface area contributed by atoms with Crippen LogP contribution in [0, 0.1) is 0 Å². The summed E-state index contributed by atoms with van der Waals surface area (Å²) in [7, 11) is 0. The number of thiophene rings is 1. The summed E-state index contributed by atoms with van der Waals surface area (Å²) in [6, 6.07) is 5.94. The Hall–Kier alpha value is -1.37. The van der Waals surface area contributed by atoms with E-state index in [1.54, 1.807) is 16.9 Å². The van der Waals surface area contributed by atoms with Gasteiger partial charge < -0.3 is 10.6 Å². The Labute approximate surface area is 132 Å². The third kappa shape index (κ3) is 3.84. The molecule has 2 aromatic heterocycles. The Morgan fingerprint density at radius 2 is 2.33 bits per heavy atom. The molecule has 1 atom stereocenters. The quantitative estimate of drug-likeness (QED) is 0.859. The fourth-order valence-electron chi connectivity index (χ4n) is 2.06. The van der Waals surface area contributed by atoms with Gasteiger partial charge in [0.05, 0.1) is 23.1 Å². The maximum Gasteiger partial charge on any atom is 0.242 e. The number of carbonyl (C=O) groups is 1. The molecular formula is C14H17ClN4OS. The summed E-state index contributed by atoms with van der Waals surface area (Å²) in [5.41, 5.74) is 0. The van der Waals surface area contributed by atoms with Crippen LogP contribution >= 0.6 is 22.9 Å². The van der Waals surface area contributed by atoms with Crippen LogP contribution in [-0.4, -0.2) is 27.8 Å². The van der Waals surface area contributed by atoms with Crippen LogP contribution in [0.4, 0.5) is 5.82 Å². The SMILES string of the molecule is CC(NC1CC1)C(=O)Nc1ccnn1Cc1ccc(Cl)s1. The molecule has 21 heavy (non-hydrogen) atoms. The lowest BCUT2D eigenvalue weighted by Gasteiger charge is -2.14. The maximum atomic E-state index is 12.1.